The standard InChI is InChI=1S/C22H20N2O5/c1-27-17-10-7-15(19(13-17)28-2)12-18-22(26)29-21(23-18)14-5-8-16(9-6-14)24-11-3-4-20(24)25/h5-10,12-13H,3-4,11H2,1-2H3/b18-12+. The van der Waals surface area contributed by atoms with Crippen LogP contribution in [-0.4, -0.2) is 38.5 Å². The number of anilines is 1. The Labute approximate surface area is 168 Å². The number of amides is 1. The quantitative estimate of drug-likeness (QED) is 0.577. The number of carbonyl (C=O) groups is 2. The van der Waals surface area contributed by atoms with Gasteiger partial charge in [0, 0.05) is 35.8 Å². The second-order valence-corrected chi connectivity index (χ2v) is 6.64. The highest BCUT2D eigenvalue weighted by molar-refractivity contribution is 6.13. The summed E-state index contributed by atoms with van der Waals surface area (Å²) in [6.07, 6.45) is 3.06. The van der Waals surface area contributed by atoms with Crippen molar-refractivity contribution in [3.63, 3.8) is 0 Å². The lowest BCUT2D eigenvalue weighted by Gasteiger charge is -2.15. The lowest BCUT2D eigenvalue weighted by molar-refractivity contribution is -0.130. The van der Waals surface area contributed by atoms with Crippen LogP contribution in [0.1, 0.15) is 24.0 Å². The van der Waals surface area contributed by atoms with Gasteiger partial charge >= 0.3 is 5.97 Å². The topological polar surface area (TPSA) is 77.4 Å². The summed E-state index contributed by atoms with van der Waals surface area (Å²) in [4.78, 5) is 30.2. The average Bonchev–Trinajstić information content (AvgIpc) is 3.34. The van der Waals surface area contributed by atoms with Crippen LogP contribution in [0.15, 0.2) is 53.2 Å². The normalized spacial score (nSPS) is 17.5. The number of hydrogen-bond donors (Lipinski definition) is 0. The Hall–Kier alpha value is -3.61. The van der Waals surface area contributed by atoms with E-state index in [1.165, 1.54) is 0 Å². The largest absolute Gasteiger partial charge is 0.497 e. The number of carbonyl (C=O) groups excluding carboxylic acids is 2. The van der Waals surface area contributed by atoms with Crippen molar-refractivity contribution < 1.29 is 23.8 Å². The Bertz CT molecular complexity index is 1020. The van der Waals surface area contributed by atoms with Gasteiger partial charge in [-0.25, -0.2) is 9.79 Å². The first-order valence-corrected chi connectivity index (χ1v) is 9.24. The summed E-state index contributed by atoms with van der Waals surface area (Å²) in [6.45, 7) is 0.727. The minimum atomic E-state index is -0.531. The Kier molecular flexibility index (Phi) is 5.03. The molecule has 29 heavy (non-hydrogen) atoms. The van der Waals surface area contributed by atoms with Crippen molar-refractivity contribution in [2.24, 2.45) is 4.99 Å². The third-order valence-electron chi connectivity index (χ3n) is 4.85. The zero-order chi connectivity index (χ0) is 20.4. The van der Waals surface area contributed by atoms with Gasteiger partial charge in [0.25, 0.3) is 0 Å². The van der Waals surface area contributed by atoms with Crippen molar-refractivity contribution in [1.82, 2.24) is 0 Å². The third-order valence-corrected chi connectivity index (χ3v) is 4.85. The van der Waals surface area contributed by atoms with Crippen molar-refractivity contribution in [1.29, 1.82) is 0 Å². The predicted octanol–water partition coefficient (Wildman–Crippen LogP) is 3.18. The Morgan fingerprint density at radius 1 is 1.07 bits per heavy atom. The molecule has 2 aromatic rings. The number of cyclic esters (lactones) is 1. The SMILES string of the molecule is COc1ccc(/C=C2/N=C(c3ccc(N4CCCC4=O)cc3)OC2=O)c(OC)c1. The molecule has 2 aliphatic heterocycles. The summed E-state index contributed by atoms with van der Waals surface area (Å²) in [5.41, 5.74) is 2.37. The Balaban J connectivity index is 1.59. The highest BCUT2D eigenvalue weighted by Crippen LogP contribution is 2.29. The van der Waals surface area contributed by atoms with E-state index in [2.05, 4.69) is 4.99 Å². The van der Waals surface area contributed by atoms with Gasteiger partial charge in [-0.1, -0.05) is 0 Å². The van der Waals surface area contributed by atoms with Crippen molar-refractivity contribution in [3.8, 4) is 11.5 Å². The molecule has 148 valence electrons. The van der Waals surface area contributed by atoms with Crippen LogP contribution in [0, 0.1) is 0 Å². The molecule has 1 fully saturated rings. The van der Waals surface area contributed by atoms with Crippen molar-refractivity contribution in [2.75, 3.05) is 25.7 Å². The molecule has 0 aromatic heterocycles. The molecular weight excluding hydrogens is 372 g/mol. The first-order valence-electron chi connectivity index (χ1n) is 9.24. The third kappa shape index (κ3) is 3.71. The minimum Gasteiger partial charge on any atom is -0.497 e. The highest BCUT2D eigenvalue weighted by atomic mass is 16.6. The molecule has 2 aliphatic rings. The maximum Gasteiger partial charge on any atom is 0.363 e. The Morgan fingerprint density at radius 2 is 1.86 bits per heavy atom. The summed E-state index contributed by atoms with van der Waals surface area (Å²) >= 11 is 0. The number of ether oxygens (including phenoxy) is 3. The lowest BCUT2D eigenvalue weighted by Crippen LogP contribution is -2.23. The maximum atomic E-state index is 12.3. The minimum absolute atomic E-state index is 0.126. The van der Waals surface area contributed by atoms with Gasteiger partial charge in [-0.15, -0.1) is 0 Å². The molecule has 2 heterocycles. The molecule has 0 radical (unpaired) electrons. The van der Waals surface area contributed by atoms with Crippen LogP contribution in [0.3, 0.4) is 0 Å². The molecule has 1 saturated heterocycles. The number of nitrogens with zero attached hydrogens (tertiary/aromatic N) is 2. The fraction of sp³-hybridized carbons (Fsp3) is 0.227. The molecule has 0 saturated carbocycles. The number of aliphatic imine (C=N–C) groups is 1. The molecular formula is C22H20N2O5. The number of rotatable bonds is 5. The van der Waals surface area contributed by atoms with Gasteiger partial charge in [-0.3, -0.25) is 4.79 Å². The van der Waals surface area contributed by atoms with E-state index in [0.717, 1.165) is 18.7 Å². The van der Waals surface area contributed by atoms with Gasteiger partial charge in [-0.05, 0) is 48.9 Å². The molecule has 0 bridgehead atoms. The van der Waals surface area contributed by atoms with E-state index >= 15 is 0 Å². The zero-order valence-corrected chi connectivity index (χ0v) is 16.2. The van der Waals surface area contributed by atoms with Crippen molar-refractivity contribution in [2.45, 2.75) is 12.8 Å². The van der Waals surface area contributed by atoms with Crippen LogP contribution >= 0.6 is 0 Å². The van der Waals surface area contributed by atoms with Gasteiger partial charge < -0.3 is 19.1 Å². The van der Waals surface area contributed by atoms with Gasteiger partial charge in [-0.2, -0.15) is 0 Å². The summed E-state index contributed by atoms with van der Waals surface area (Å²) in [5.74, 6) is 1.04. The van der Waals surface area contributed by atoms with Gasteiger partial charge in [0.1, 0.15) is 11.5 Å². The van der Waals surface area contributed by atoms with E-state index in [4.69, 9.17) is 14.2 Å². The highest BCUT2D eigenvalue weighted by Gasteiger charge is 2.26. The zero-order valence-electron chi connectivity index (χ0n) is 16.2. The van der Waals surface area contributed by atoms with Crippen LogP contribution in [0.5, 0.6) is 11.5 Å². The molecule has 7 heteroatoms. The first-order chi connectivity index (χ1) is 14.1. The molecule has 2 aromatic carbocycles. The van der Waals surface area contributed by atoms with E-state index in [1.54, 1.807) is 55.5 Å². The van der Waals surface area contributed by atoms with E-state index in [0.29, 0.717) is 29.0 Å². The monoisotopic (exact) mass is 392 g/mol. The van der Waals surface area contributed by atoms with E-state index in [1.807, 2.05) is 12.1 Å². The second-order valence-electron chi connectivity index (χ2n) is 6.64. The van der Waals surface area contributed by atoms with Crippen LogP contribution in [-0.2, 0) is 14.3 Å². The second kappa shape index (κ2) is 7.79. The van der Waals surface area contributed by atoms with Crippen LogP contribution in [0.25, 0.3) is 6.08 Å². The fourth-order valence-corrected chi connectivity index (χ4v) is 3.32. The fourth-order valence-electron chi connectivity index (χ4n) is 3.32. The van der Waals surface area contributed by atoms with Gasteiger partial charge in [0.05, 0.1) is 14.2 Å². The van der Waals surface area contributed by atoms with Crippen LogP contribution in [0.4, 0.5) is 5.69 Å². The van der Waals surface area contributed by atoms with Crippen LogP contribution < -0.4 is 14.4 Å². The number of benzene rings is 2. The van der Waals surface area contributed by atoms with Gasteiger partial charge in [0.15, 0.2) is 5.70 Å². The first kappa shape index (κ1) is 18.7. The molecule has 0 atom stereocenters. The molecule has 1 amide bonds. The predicted molar refractivity (Wildman–Crippen MR) is 108 cm³/mol. The molecule has 0 spiro atoms. The maximum absolute atomic E-state index is 12.3. The van der Waals surface area contributed by atoms with E-state index in [9.17, 15) is 9.59 Å². The van der Waals surface area contributed by atoms with E-state index in [-0.39, 0.29) is 17.5 Å². The lowest BCUT2D eigenvalue weighted by atomic mass is 10.1. The summed E-state index contributed by atoms with van der Waals surface area (Å²) in [7, 11) is 3.12. The Morgan fingerprint density at radius 3 is 2.52 bits per heavy atom. The molecule has 7 nitrogen and oxygen atoms in total. The molecule has 4 rings (SSSR count). The summed E-state index contributed by atoms with van der Waals surface area (Å²) in [5, 5.41) is 0. The van der Waals surface area contributed by atoms with Crippen molar-refractivity contribution >= 4 is 29.5 Å². The average molecular weight is 392 g/mol. The van der Waals surface area contributed by atoms with E-state index < -0.39 is 5.97 Å². The summed E-state index contributed by atoms with van der Waals surface area (Å²) in [6, 6.07) is 12.6. The number of hydrogen-bond acceptors (Lipinski definition) is 6. The van der Waals surface area contributed by atoms with Crippen LogP contribution in [0.2, 0.25) is 0 Å². The number of methoxy groups -OCH3 is 2. The molecule has 0 N–H and O–H groups in total. The number of esters is 1. The molecule has 0 unspecified atom stereocenters. The smallest absolute Gasteiger partial charge is 0.363 e. The van der Waals surface area contributed by atoms with Crippen molar-refractivity contribution in [3.05, 3.63) is 59.3 Å². The summed E-state index contributed by atoms with van der Waals surface area (Å²) < 4.78 is 15.9. The molecule has 0 aliphatic carbocycles. The van der Waals surface area contributed by atoms with Gasteiger partial charge in [0.2, 0.25) is 11.8 Å².